The minimum atomic E-state index is -1.50. The third kappa shape index (κ3) is 3.26. The molecule has 0 radical (unpaired) electrons. The molecule has 100 valence electrons. The van der Waals surface area contributed by atoms with Crippen LogP contribution in [0.15, 0.2) is 18.2 Å². The average Bonchev–Trinajstić information content (AvgIpc) is 2.61. The fourth-order valence-electron chi connectivity index (χ4n) is 1.59. The third-order valence-corrected chi connectivity index (χ3v) is 2.74. The zero-order chi connectivity index (χ0) is 13.8. The van der Waals surface area contributed by atoms with Gasteiger partial charge in [0, 0.05) is 6.42 Å². The molecule has 1 aliphatic heterocycles. The standard InChI is InChI=1S/C13H11ClO5/c14-9-6-8(2-3-10(15)13(16)17)7-11-12(9)19-5-1-4-18-11/h2-3,6-7H,1,4-5H2,(H,16,17)/b3-2+. The molecule has 0 aliphatic carbocycles. The number of halogens is 1. The van der Waals surface area contributed by atoms with Gasteiger partial charge in [0.2, 0.25) is 0 Å². The largest absolute Gasteiger partial charge is 0.489 e. The summed E-state index contributed by atoms with van der Waals surface area (Å²) in [5.74, 6) is -1.53. The highest BCUT2D eigenvalue weighted by Gasteiger charge is 2.15. The van der Waals surface area contributed by atoms with E-state index < -0.39 is 11.8 Å². The van der Waals surface area contributed by atoms with E-state index in [4.69, 9.17) is 26.2 Å². The smallest absolute Gasteiger partial charge is 0.376 e. The molecule has 1 aliphatic rings. The molecule has 5 nitrogen and oxygen atoms in total. The molecular formula is C13H11ClO5. The van der Waals surface area contributed by atoms with Crippen LogP contribution < -0.4 is 9.47 Å². The highest BCUT2D eigenvalue weighted by molar-refractivity contribution is 6.38. The van der Waals surface area contributed by atoms with Gasteiger partial charge in [0.05, 0.1) is 18.2 Å². The second kappa shape index (κ2) is 5.75. The van der Waals surface area contributed by atoms with E-state index in [-0.39, 0.29) is 0 Å². The Bertz CT molecular complexity index is 550. The number of carbonyl (C=O) groups excluding carboxylic acids is 1. The van der Waals surface area contributed by atoms with Crippen LogP contribution in [0, 0.1) is 0 Å². The van der Waals surface area contributed by atoms with Crippen LogP contribution in [0.5, 0.6) is 11.5 Å². The number of hydrogen-bond acceptors (Lipinski definition) is 4. The minimum absolute atomic E-state index is 0.363. The number of carboxylic acids is 1. The summed E-state index contributed by atoms with van der Waals surface area (Å²) in [4.78, 5) is 21.4. The van der Waals surface area contributed by atoms with E-state index in [9.17, 15) is 9.59 Å². The predicted molar refractivity (Wildman–Crippen MR) is 68.7 cm³/mol. The van der Waals surface area contributed by atoms with Gasteiger partial charge in [-0.05, 0) is 23.8 Å². The molecule has 1 N–H and O–H groups in total. The van der Waals surface area contributed by atoms with Crippen molar-refractivity contribution in [2.45, 2.75) is 6.42 Å². The van der Waals surface area contributed by atoms with Crippen molar-refractivity contribution in [3.63, 3.8) is 0 Å². The molecule has 0 aromatic heterocycles. The Morgan fingerprint density at radius 2 is 2.00 bits per heavy atom. The Balaban J connectivity index is 2.28. The topological polar surface area (TPSA) is 72.8 Å². The molecule has 1 aromatic rings. The number of fused-ring (bicyclic) bond motifs is 1. The molecule has 0 atom stereocenters. The Morgan fingerprint density at radius 1 is 1.26 bits per heavy atom. The maximum Gasteiger partial charge on any atom is 0.376 e. The van der Waals surface area contributed by atoms with Gasteiger partial charge >= 0.3 is 5.97 Å². The summed E-state index contributed by atoms with van der Waals surface area (Å²) >= 11 is 6.06. The van der Waals surface area contributed by atoms with Crippen molar-refractivity contribution in [1.29, 1.82) is 0 Å². The number of carbonyl (C=O) groups is 2. The number of ether oxygens (including phenoxy) is 2. The summed E-state index contributed by atoms with van der Waals surface area (Å²) in [6.07, 6.45) is 3.10. The first-order valence-corrected chi connectivity index (χ1v) is 6.00. The molecule has 6 heteroatoms. The number of aliphatic carboxylic acids is 1. The molecule has 0 fully saturated rings. The fraction of sp³-hybridized carbons (Fsp3) is 0.231. The quantitative estimate of drug-likeness (QED) is 0.679. The normalized spacial score (nSPS) is 14.2. The Morgan fingerprint density at radius 3 is 2.74 bits per heavy atom. The number of hydrogen-bond donors (Lipinski definition) is 1. The van der Waals surface area contributed by atoms with E-state index in [0.717, 1.165) is 12.5 Å². The van der Waals surface area contributed by atoms with Gasteiger partial charge in [0.15, 0.2) is 11.5 Å². The van der Waals surface area contributed by atoms with Crippen LogP contribution in [-0.2, 0) is 9.59 Å². The summed E-state index contributed by atoms with van der Waals surface area (Å²) in [7, 11) is 0. The molecule has 1 heterocycles. The van der Waals surface area contributed by atoms with Gasteiger partial charge in [-0.3, -0.25) is 4.79 Å². The Labute approximate surface area is 114 Å². The minimum Gasteiger partial charge on any atom is -0.489 e. The van der Waals surface area contributed by atoms with E-state index in [1.807, 2.05) is 0 Å². The second-order valence-corrected chi connectivity index (χ2v) is 4.29. The molecule has 0 saturated carbocycles. The highest BCUT2D eigenvalue weighted by atomic mass is 35.5. The van der Waals surface area contributed by atoms with Gasteiger partial charge in [0.1, 0.15) is 0 Å². The van der Waals surface area contributed by atoms with Crippen molar-refractivity contribution in [2.24, 2.45) is 0 Å². The van der Waals surface area contributed by atoms with E-state index in [2.05, 4.69) is 0 Å². The van der Waals surface area contributed by atoms with Crippen molar-refractivity contribution >= 4 is 29.4 Å². The summed E-state index contributed by atoms with van der Waals surface area (Å²) < 4.78 is 10.9. The van der Waals surface area contributed by atoms with Crippen molar-refractivity contribution in [3.8, 4) is 11.5 Å². The van der Waals surface area contributed by atoms with Crippen LogP contribution in [0.4, 0.5) is 0 Å². The summed E-state index contributed by atoms with van der Waals surface area (Å²) in [5.41, 5.74) is 0.573. The Kier molecular flexibility index (Phi) is 4.06. The van der Waals surface area contributed by atoms with Gasteiger partial charge in [-0.25, -0.2) is 4.79 Å². The summed E-state index contributed by atoms with van der Waals surface area (Å²) in [6.45, 7) is 1.05. The van der Waals surface area contributed by atoms with Gasteiger partial charge in [-0.2, -0.15) is 0 Å². The lowest BCUT2D eigenvalue weighted by Gasteiger charge is -2.09. The van der Waals surface area contributed by atoms with Gasteiger partial charge in [0.25, 0.3) is 5.78 Å². The molecule has 2 rings (SSSR count). The van der Waals surface area contributed by atoms with Crippen molar-refractivity contribution in [1.82, 2.24) is 0 Å². The first kappa shape index (κ1) is 13.4. The lowest BCUT2D eigenvalue weighted by atomic mass is 10.1. The maximum absolute atomic E-state index is 11.0. The van der Waals surface area contributed by atoms with Crippen LogP contribution in [0.3, 0.4) is 0 Å². The van der Waals surface area contributed by atoms with Gasteiger partial charge in [-0.15, -0.1) is 0 Å². The van der Waals surface area contributed by atoms with Gasteiger partial charge < -0.3 is 14.6 Å². The maximum atomic E-state index is 11.0. The first-order chi connectivity index (χ1) is 9.08. The Hall–Kier alpha value is -2.01. The molecule has 0 bridgehead atoms. The number of rotatable bonds is 3. The molecule has 0 saturated heterocycles. The SMILES string of the molecule is O=C(O)C(=O)/C=C/c1cc(Cl)c2c(c1)OCCCO2. The van der Waals surface area contributed by atoms with Crippen LogP contribution in [0.2, 0.25) is 5.02 Å². The summed E-state index contributed by atoms with van der Waals surface area (Å²) in [5, 5.41) is 8.84. The highest BCUT2D eigenvalue weighted by Crippen LogP contribution is 2.38. The number of carboxylic acid groups (broad SMARTS) is 1. The molecule has 1 aromatic carbocycles. The predicted octanol–water partition coefficient (Wildman–Crippen LogP) is 2.17. The molecule has 0 amide bonds. The molecule has 19 heavy (non-hydrogen) atoms. The van der Waals surface area contributed by atoms with Crippen LogP contribution >= 0.6 is 11.6 Å². The lowest BCUT2D eigenvalue weighted by Crippen LogP contribution is -2.08. The lowest BCUT2D eigenvalue weighted by molar-refractivity contribution is -0.146. The van der Waals surface area contributed by atoms with Crippen LogP contribution in [-0.4, -0.2) is 30.1 Å². The zero-order valence-electron chi connectivity index (χ0n) is 9.89. The zero-order valence-corrected chi connectivity index (χ0v) is 10.6. The van der Waals surface area contributed by atoms with E-state index in [0.29, 0.717) is 35.3 Å². The molecule has 0 spiro atoms. The van der Waals surface area contributed by atoms with Crippen LogP contribution in [0.25, 0.3) is 6.08 Å². The van der Waals surface area contributed by atoms with E-state index in [1.54, 1.807) is 12.1 Å². The molecule has 0 unspecified atom stereocenters. The van der Waals surface area contributed by atoms with Crippen molar-refractivity contribution < 1.29 is 24.2 Å². The monoisotopic (exact) mass is 282 g/mol. The van der Waals surface area contributed by atoms with Gasteiger partial charge in [-0.1, -0.05) is 17.7 Å². The molecular weight excluding hydrogens is 272 g/mol. The fourth-order valence-corrected chi connectivity index (χ4v) is 1.86. The van der Waals surface area contributed by atoms with Crippen molar-refractivity contribution in [2.75, 3.05) is 13.2 Å². The summed E-state index contributed by atoms with van der Waals surface area (Å²) in [6, 6.07) is 3.23. The van der Waals surface area contributed by atoms with Crippen LogP contribution in [0.1, 0.15) is 12.0 Å². The third-order valence-electron chi connectivity index (χ3n) is 2.46. The number of benzene rings is 1. The number of ketones is 1. The first-order valence-electron chi connectivity index (χ1n) is 5.62. The second-order valence-electron chi connectivity index (χ2n) is 3.88. The van der Waals surface area contributed by atoms with E-state index >= 15 is 0 Å². The van der Waals surface area contributed by atoms with Crippen molar-refractivity contribution in [3.05, 3.63) is 28.8 Å². The van der Waals surface area contributed by atoms with E-state index in [1.165, 1.54) is 6.08 Å². The average molecular weight is 283 g/mol.